The minimum absolute atomic E-state index is 0.0222. The predicted molar refractivity (Wildman–Crippen MR) is 81.9 cm³/mol. The van der Waals surface area contributed by atoms with Crippen LogP contribution in [0.1, 0.15) is 31.9 Å². The molecule has 0 aliphatic carbocycles. The summed E-state index contributed by atoms with van der Waals surface area (Å²) in [5.74, 6) is 6.52. The van der Waals surface area contributed by atoms with Gasteiger partial charge < -0.3 is 9.47 Å². The molecule has 1 aliphatic heterocycles. The molecule has 0 saturated carbocycles. The summed E-state index contributed by atoms with van der Waals surface area (Å²) in [6, 6.07) is 1.89. The fraction of sp³-hybridized carbons (Fsp3) is 0.667. The van der Waals surface area contributed by atoms with Crippen LogP contribution in [0.15, 0.2) is 18.5 Å². The molecule has 21 heavy (non-hydrogen) atoms. The van der Waals surface area contributed by atoms with E-state index in [4.69, 9.17) is 15.3 Å². The Labute approximate surface area is 126 Å². The van der Waals surface area contributed by atoms with Gasteiger partial charge in [0.2, 0.25) is 0 Å². The minimum Gasteiger partial charge on any atom is -0.492 e. The molecule has 0 amide bonds. The van der Waals surface area contributed by atoms with Crippen molar-refractivity contribution in [1.29, 1.82) is 0 Å². The Kier molecular flexibility index (Phi) is 6.38. The van der Waals surface area contributed by atoms with Crippen LogP contribution in [0.2, 0.25) is 0 Å². The molecule has 2 rings (SSSR count). The van der Waals surface area contributed by atoms with E-state index in [0.29, 0.717) is 6.61 Å². The third-order valence-electron chi connectivity index (χ3n) is 3.67. The first-order chi connectivity index (χ1) is 10.3. The fourth-order valence-electron chi connectivity index (χ4n) is 2.72. The molecule has 1 aromatic rings. The molecule has 118 valence electrons. The summed E-state index contributed by atoms with van der Waals surface area (Å²) in [6.07, 6.45) is 4.70. The monoisotopic (exact) mass is 294 g/mol. The van der Waals surface area contributed by atoms with Crippen molar-refractivity contribution in [3.63, 3.8) is 0 Å². The molecule has 0 radical (unpaired) electrons. The molecule has 0 spiro atoms. The lowest BCUT2D eigenvalue weighted by atomic mass is 10.0. The van der Waals surface area contributed by atoms with E-state index >= 15 is 0 Å². The number of nitrogens with two attached hydrogens (primary N) is 1. The highest BCUT2D eigenvalue weighted by Gasteiger charge is 2.28. The Morgan fingerprint density at radius 1 is 1.52 bits per heavy atom. The smallest absolute Gasteiger partial charge is 0.137 e. The van der Waals surface area contributed by atoms with Crippen molar-refractivity contribution in [2.45, 2.75) is 32.4 Å². The van der Waals surface area contributed by atoms with Gasteiger partial charge in [-0.2, -0.15) is 0 Å². The van der Waals surface area contributed by atoms with Crippen molar-refractivity contribution in [2.24, 2.45) is 5.84 Å². The van der Waals surface area contributed by atoms with Crippen molar-refractivity contribution in [1.82, 2.24) is 15.3 Å². The summed E-state index contributed by atoms with van der Waals surface area (Å²) in [5, 5.41) is 0. The van der Waals surface area contributed by atoms with E-state index in [1.807, 2.05) is 19.2 Å². The molecule has 0 bridgehead atoms. The number of morpholine rings is 1. The highest BCUT2D eigenvalue weighted by Crippen LogP contribution is 2.24. The summed E-state index contributed by atoms with van der Waals surface area (Å²) in [7, 11) is 0. The number of rotatable bonds is 7. The van der Waals surface area contributed by atoms with Crippen LogP contribution in [0.25, 0.3) is 0 Å². The molecule has 1 fully saturated rings. The largest absolute Gasteiger partial charge is 0.492 e. The zero-order valence-electron chi connectivity index (χ0n) is 12.9. The van der Waals surface area contributed by atoms with E-state index in [1.165, 1.54) is 0 Å². The summed E-state index contributed by atoms with van der Waals surface area (Å²) < 4.78 is 11.4. The third kappa shape index (κ3) is 4.38. The number of hydrogen-bond donors (Lipinski definition) is 2. The molecular weight excluding hydrogens is 268 g/mol. The quantitative estimate of drug-likeness (QED) is 0.579. The molecule has 6 nitrogen and oxygen atoms in total. The first-order valence-corrected chi connectivity index (χ1v) is 7.66. The highest BCUT2D eigenvalue weighted by molar-refractivity contribution is 5.27. The van der Waals surface area contributed by atoms with Crippen LogP contribution in [-0.2, 0) is 4.74 Å². The number of pyridine rings is 1. The van der Waals surface area contributed by atoms with Gasteiger partial charge in [-0.1, -0.05) is 6.92 Å². The van der Waals surface area contributed by atoms with Crippen molar-refractivity contribution in [3.8, 4) is 5.75 Å². The van der Waals surface area contributed by atoms with E-state index in [1.54, 1.807) is 6.20 Å². The van der Waals surface area contributed by atoms with Crippen LogP contribution in [0, 0.1) is 0 Å². The number of nitrogens with zero attached hydrogens (tertiary/aromatic N) is 2. The number of ether oxygens (including phenoxy) is 2. The second-order valence-electron chi connectivity index (χ2n) is 5.24. The SMILES string of the molecule is CCCN1CCOC(C(NN)c2cncc(OCC)c2)C1. The van der Waals surface area contributed by atoms with Crippen LogP contribution in [0.4, 0.5) is 0 Å². The van der Waals surface area contributed by atoms with E-state index in [9.17, 15) is 0 Å². The van der Waals surface area contributed by atoms with Gasteiger partial charge in [0.1, 0.15) is 5.75 Å². The van der Waals surface area contributed by atoms with Gasteiger partial charge in [-0.15, -0.1) is 0 Å². The van der Waals surface area contributed by atoms with Gasteiger partial charge in [-0.3, -0.25) is 21.2 Å². The topological polar surface area (TPSA) is 72.6 Å². The normalized spacial score (nSPS) is 21.2. The lowest BCUT2D eigenvalue weighted by Gasteiger charge is -2.36. The molecular formula is C15H26N4O2. The fourth-order valence-corrected chi connectivity index (χ4v) is 2.72. The van der Waals surface area contributed by atoms with E-state index in [2.05, 4.69) is 22.2 Å². The number of aromatic nitrogens is 1. The Morgan fingerprint density at radius 2 is 2.38 bits per heavy atom. The molecule has 1 saturated heterocycles. The second-order valence-corrected chi connectivity index (χ2v) is 5.24. The zero-order chi connectivity index (χ0) is 15.1. The van der Waals surface area contributed by atoms with Crippen molar-refractivity contribution in [2.75, 3.05) is 32.8 Å². The Balaban J connectivity index is 2.09. The highest BCUT2D eigenvalue weighted by atomic mass is 16.5. The first-order valence-electron chi connectivity index (χ1n) is 7.66. The average Bonchev–Trinajstić information content (AvgIpc) is 2.50. The molecule has 2 heterocycles. The molecule has 1 aromatic heterocycles. The minimum atomic E-state index is -0.0856. The Hall–Kier alpha value is -1.21. The lowest BCUT2D eigenvalue weighted by molar-refractivity contribution is -0.0471. The van der Waals surface area contributed by atoms with E-state index in [-0.39, 0.29) is 12.1 Å². The standard InChI is InChI=1S/C15H26N4O2/c1-3-5-19-6-7-21-14(11-19)15(18-16)12-8-13(20-4-2)10-17-9-12/h8-10,14-15,18H,3-7,11,16H2,1-2H3. The maximum atomic E-state index is 5.91. The first kappa shape index (κ1) is 16.2. The molecule has 0 aromatic carbocycles. The number of nitrogens with one attached hydrogen (secondary N) is 1. The third-order valence-corrected chi connectivity index (χ3v) is 3.67. The van der Waals surface area contributed by atoms with E-state index in [0.717, 1.165) is 44.0 Å². The molecule has 2 atom stereocenters. The lowest BCUT2D eigenvalue weighted by Crippen LogP contribution is -2.49. The molecule has 3 N–H and O–H groups in total. The predicted octanol–water partition coefficient (Wildman–Crippen LogP) is 1.10. The van der Waals surface area contributed by atoms with Crippen molar-refractivity contribution in [3.05, 3.63) is 24.0 Å². The average molecular weight is 294 g/mol. The van der Waals surface area contributed by atoms with Gasteiger partial charge >= 0.3 is 0 Å². The maximum absolute atomic E-state index is 5.91. The van der Waals surface area contributed by atoms with Gasteiger partial charge in [0.25, 0.3) is 0 Å². The maximum Gasteiger partial charge on any atom is 0.137 e. The molecule has 2 unspecified atom stereocenters. The van der Waals surface area contributed by atoms with Crippen molar-refractivity contribution >= 4 is 0 Å². The summed E-state index contributed by atoms with van der Waals surface area (Å²) in [6.45, 7) is 8.46. The van der Waals surface area contributed by atoms with Crippen LogP contribution < -0.4 is 16.0 Å². The summed E-state index contributed by atoms with van der Waals surface area (Å²) in [4.78, 5) is 6.65. The molecule has 6 heteroatoms. The summed E-state index contributed by atoms with van der Waals surface area (Å²) >= 11 is 0. The molecule has 1 aliphatic rings. The van der Waals surface area contributed by atoms with Gasteiger partial charge in [0.05, 0.1) is 31.6 Å². The van der Waals surface area contributed by atoms with Crippen LogP contribution in [-0.4, -0.2) is 48.8 Å². The number of hydrazine groups is 1. The Bertz CT molecular complexity index is 428. The van der Waals surface area contributed by atoms with Crippen LogP contribution in [0.3, 0.4) is 0 Å². The number of hydrogen-bond acceptors (Lipinski definition) is 6. The van der Waals surface area contributed by atoms with Crippen LogP contribution >= 0.6 is 0 Å². The Morgan fingerprint density at radius 3 is 3.10 bits per heavy atom. The van der Waals surface area contributed by atoms with Gasteiger partial charge in [-0.05, 0) is 31.5 Å². The second kappa shape index (κ2) is 8.29. The van der Waals surface area contributed by atoms with Gasteiger partial charge in [0, 0.05) is 19.3 Å². The van der Waals surface area contributed by atoms with Gasteiger partial charge in [0.15, 0.2) is 0 Å². The zero-order valence-corrected chi connectivity index (χ0v) is 12.9. The summed E-state index contributed by atoms with van der Waals surface area (Å²) in [5.41, 5.74) is 3.87. The van der Waals surface area contributed by atoms with Crippen LogP contribution in [0.5, 0.6) is 5.75 Å². The van der Waals surface area contributed by atoms with E-state index < -0.39 is 0 Å². The van der Waals surface area contributed by atoms with Gasteiger partial charge in [-0.25, -0.2) is 0 Å². The van der Waals surface area contributed by atoms with Crippen molar-refractivity contribution < 1.29 is 9.47 Å².